The van der Waals surface area contributed by atoms with Gasteiger partial charge in [0.25, 0.3) is 0 Å². The molecule has 0 heterocycles. The monoisotopic (exact) mass is 405 g/mol. The van der Waals surface area contributed by atoms with Crippen LogP contribution in [0.4, 0.5) is 10.1 Å². The zero-order valence-corrected chi connectivity index (χ0v) is 17.6. The minimum Gasteiger partial charge on any atom is -0.490 e. The maximum Gasteiger partial charge on any atom is 0.235 e. The molecule has 3 aromatic rings. The first kappa shape index (κ1) is 20.4. The van der Waals surface area contributed by atoms with E-state index in [2.05, 4.69) is 19.2 Å². The summed E-state index contributed by atoms with van der Waals surface area (Å²) in [6.07, 6.45) is 4.58. The first-order valence-corrected chi connectivity index (χ1v) is 10.8. The first-order valence-electron chi connectivity index (χ1n) is 10.8. The summed E-state index contributed by atoms with van der Waals surface area (Å²) in [6, 6.07) is 18.2. The smallest absolute Gasteiger partial charge is 0.235 e. The molecule has 1 fully saturated rings. The van der Waals surface area contributed by atoms with Crippen molar-refractivity contribution in [3.63, 3.8) is 0 Å². The van der Waals surface area contributed by atoms with Crippen LogP contribution in [-0.2, 0) is 10.2 Å². The number of carbonyl (C=O) groups excluding carboxylic acids is 1. The van der Waals surface area contributed by atoms with E-state index in [0.29, 0.717) is 0 Å². The topological polar surface area (TPSA) is 38.3 Å². The number of anilines is 1. The molecular weight excluding hydrogens is 377 g/mol. The highest BCUT2D eigenvalue weighted by Gasteiger charge is 2.42. The van der Waals surface area contributed by atoms with Crippen LogP contribution in [0.5, 0.6) is 5.75 Å². The van der Waals surface area contributed by atoms with Gasteiger partial charge in [-0.15, -0.1) is 0 Å². The summed E-state index contributed by atoms with van der Waals surface area (Å²) < 4.78 is 19.6. The number of halogens is 1. The Morgan fingerprint density at radius 2 is 1.70 bits per heavy atom. The lowest BCUT2D eigenvalue weighted by molar-refractivity contribution is -0.121. The second-order valence-electron chi connectivity index (χ2n) is 8.24. The molecule has 3 aromatic carbocycles. The molecule has 0 unspecified atom stereocenters. The van der Waals surface area contributed by atoms with E-state index < -0.39 is 5.41 Å². The number of amides is 1. The molecule has 3 nitrogen and oxygen atoms in total. The SMILES string of the molecule is CC[C@@H](C)Oc1ccc(NC(=O)C2(c3ccc(F)cc3)CCCC2)c2ccccc12. The summed E-state index contributed by atoms with van der Waals surface area (Å²) in [7, 11) is 0. The fourth-order valence-electron chi connectivity index (χ4n) is 4.42. The van der Waals surface area contributed by atoms with Crippen LogP contribution in [0.25, 0.3) is 10.8 Å². The molecule has 30 heavy (non-hydrogen) atoms. The predicted molar refractivity (Wildman–Crippen MR) is 120 cm³/mol. The average Bonchev–Trinajstić information content (AvgIpc) is 3.27. The van der Waals surface area contributed by atoms with Gasteiger partial charge >= 0.3 is 0 Å². The third-order valence-electron chi connectivity index (χ3n) is 6.32. The summed E-state index contributed by atoms with van der Waals surface area (Å²) in [5, 5.41) is 5.13. The van der Waals surface area contributed by atoms with E-state index in [1.54, 1.807) is 12.1 Å². The molecule has 0 saturated heterocycles. The quantitative estimate of drug-likeness (QED) is 0.501. The molecule has 0 aliphatic heterocycles. The third kappa shape index (κ3) is 3.79. The van der Waals surface area contributed by atoms with Gasteiger partial charge in [-0.05, 0) is 56.0 Å². The van der Waals surface area contributed by atoms with Crippen LogP contribution >= 0.6 is 0 Å². The highest BCUT2D eigenvalue weighted by molar-refractivity contribution is 6.07. The largest absolute Gasteiger partial charge is 0.490 e. The normalized spacial score (nSPS) is 16.4. The fourth-order valence-corrected chi connectivity index (χ4v) is 4.42. The molecule has 1 saturated carbocycles. The Morgan fingerprint density at radius 3 is 2.37 bits per heavy atom. The standard InChI is InChI=1S/C26H28FNO2/c1-3-18(2)30-24-15-14-23(21-8-4-5-9-22(21)24)28-25(29)26(16-6-7-17-26)19-10-12-20(27)13-11-19/h4-5,8-15,18H,3,6-7,16-17H2,1-2H3,(H,28,29)/t18-/m1/s1. The van der Waals surface area contributed by atoms with Crippen molar-refractivity contribution in [1.82, 2.24) is 0 Å². The number of nitrogens with one attached hydrogen (secondary N) is 1. The second kappa shape index (κ2) is 8.47. The molecule has 1 N–H and O–H groups in total. The van der Waals surface area contributed by atoms with Crippen LogP contribution < -0.4 is 10.1 Å². The predicted octanol–water partition coefficient (Wildman–Crippen LogP) is 6.61. The lowest BCUT2D eigenvalue weighted by Gasteiger charge is -2.29. The van der Waals surface area contributed by atoms with E-state index in [1.807, 2.05) is 36.4 Å². The Hall–Kier alpha value is -2.88. The molecule has 1 aliphatic carbocycles. The summed E-state index contributed by atoms with van der Waals surface area (Å²) in [5.74, 6) is 0.523. The van der Waals surface area contributed by atoms with Crippen LogP contribution in [0.3, 0.4) is 0 Å². The molecular formula is C26H28FNO2. The Morgan fingerprint density at radius 1 is 1.03 bits per heavy atom. The number of rotatable bonds is 6. The van der Waals surface area contributed by atoms with Crippen molar-refractivity contribution in [3.05, 3.63) is 72.0 Å². The van der Waals surface area contributed by atoms with Crippen molar-refractivity contribution in [2.75, 3.05) is 5.32 Å². The Labute approximate surface area is 177 Å². The van der Waals surface area contributed by atoms with Gasteiger partial charge in [0.1, 0.15) is 11.6 Å². The van der Waals surface area contributed by atoms with E-state index in [9.17, 15) is 9.18 Å². The third-order valence-corrected chi connectivity index (χ3v) is 6.32. The Bertz CT molecular complexity index is 1040. The second-order valence-corrected chi connectivity index (χ2v) is 8.24. The number of fused-ring (bicyclic) bond motifs is 1. The van der Waals surface area contributed by atoms with Crippen LogP contribution in [0.15, 0.2) is 60.7 Å². The molecule has 4 rings (SSSR count). The molecule has 0 spiro atoms. The average molecular weight is 406 g/mol. The molecule has 4 heteroatoms. The number of carbonyl (C=O) groups is 1. The van der Waals surface area contributed by atoms with Gasteiger partial charge in [-0.25, -0.2) is 4.39 Å². The zero-order valence-electron chi connectivity index (χ0n) is 17.6. The number of ether oxygens (including phenoxy) is 1. The maximum absolute atomic E-state index is 13.5. The van der Waals surface area contributed by atoms with Crippen molar-refractivity contribution in [3.8, 4) is 5.75 Å². The van der Waals surface area contributed by atoms with Gasteiger partial charge in [-0.3, -0.25) is 4.79 Å². The summed E-state index contributed by atoms with van der Waals surface area (Å²) in [6.45, 7) is 4.15. The number of benzene rings is 3. The molecule has 1 aliphatic rings. The Balaban J connectivity index is 1.69. The van der Waals surface area contributed by atoms with Crippen molar-refractivity contribution < 1.29 is 13.9 Å². The highest BCUT2D eigenvalue weighted by atomic mass is 19.1. The van der Waals surface area contributed by atoms with Crippen molar-refractivity contribution in [2.24, 2.45) is 0 Å². The molecule has 1 amide bonds. The lowest BCUT2D eigenvalue weighted by Crippen LogP contribution is -2.38. The van der Waals surface area contributed by atoms with E-state index >= 15 is 0 Å². The van der Waals surface area contributed by atoms with Crippen LogP contribution in [0.2, 0.25) is 0 Å². The summed E-state index contributed by atoms with van der Waals surface area (Å²) in [4.78, 5) is 13.5. The van der Waals surface area contributed by atoms with Gasteiger partial charge in [0.2, 0.25) is 5.91 Å². The highest BCUT2D eigenvalue weighted by Crippen LogP contribution is 2.43. The minimum absolute atomic E-state index is 0.0210. The molecule has 1 atom stereocenters. The van der Waals surface area contributed by atoms with Gasteiger partial charge in [-0.1, -0.05) is 56.2 Å². The molecule has 0 radical (unpaired) electrons. The minimum atomic E-state index is -0.610. The van der Waals surface area contributed by atoms with E-state index in [4.69, 9.17) is 4.74 Å². The molecule has 0 bridgehead atoms. The van der Waals surface area contributed by atoms with Gasteiger partial charge in [0.05, 0.1) is 11.5 Å². The number of hydrogen-bond donors (Lipinski definition) is 1. The van der Waals surface area contributed by atoms with Gasteiger partial charge in [0, 0.05) is 16.5 Å². The van der Waals surface area contributed by atoms with E-state index in [1.165, 1.54) is 12.1 Å². The summed E-state index contributed by atoms with van der Waals surface area (Å²) >= 11 is 0. The fraction of sp³-hybridized carbons (Fsp3) is 0.346. The van der Waals surface area contributed by atoms with Gasteiger partial charge in [-0.2, -0.15) is 0 Å². The molecule has 0 aromatic heterocycles. The maximum atomic E-state index is 13.5. The van der Waals surface area contributed by atoms with Crippen LogP contribution in [0.1, 0.15) is 51.5 Å². The van der Waals surface area contributed by atoms with Crippen LogP contribution in [0, 0.1) is 5.82 Å². The Kier molecular flexibility index (Phi) is 5.76. The van der Waals surface area contributed by atoms with E-state index in [-0.39, 0.29) is 17.8 Å². The zero-order chi connectivity index (χ0) is 21.1. The van der Waals surface area contributed by atoms with Crippen molar-refractivity contribution in [2.45, 2.75) is 57.5 Å². The van der Waals surface area contributed by atoms with Crippen LogP contribution in [-0.4, -0.2) is 12.0 Å². The van der Waals surface area contributed by atoms with E-state index in [0.717, 1.165) is 59.9 Å². The van der Waals surface area contributed by atoms with Gasteiger partial charge in [0.15, 0.2) is 0 Å². The van der Waals surface area contributed by atoms with Crippen molar-refractivity contribution >= 4 is 22.4 Å². The first-order chi connectivity index (χ1) is 14.5. The van der Waals surface area contributed by atoms with Crippen molar-refractivity contribution in [1.29, 1.82) is 0 Å². The van der Waals surface area contributed by atoms with Gasteiger partial charge < -0.3 is 10.1 Å². The summed E-state index contributed by atoms with van der Waals surface area (Å²) in [5.41, 5.74) is 1.06. The number of hydrogen-bond acceptors (Lipinski definition) is 2. The lowest BCUT2D eigenvalue weighted by atomic mass is 9.78. The molecule has 156 valence electrons.